The van der Waals surface area contributed by atoms with Gasteiger partial charge < -0.3 is 20.1 Å². The van der Waals surface area contributed by atoms with Crippen molar-refractivity contribution in [2.24, 2.45) is 5.92 Å². The Morgan fingerprint density at radius 1 is 1.03 bits per heavy atom. The SMILES string of the molecule is CC(C)C[C@@H](NC(=O)OCC1c2ccccc2-c2ccccc21)C(=O)N(C)CC(=O)O. The van der Waals surface area contributed by atoms with Crippen LogP contribution in [0.4, 0.5) is 4.79 Å². The Bertz CT molecular complexity index is 926. The Labute approximate surface area is 182 Å². The maximum Gasteiger partial charge on any atom is 0.407 e. The highest BCUT2D eigenvalue weighted by atomic mass is 16.5. The minimum absolute atomic E-state index is 0.0768. The predicted molar refractivity (Wildman–Crippen MR) is 117 cm³/mol. The number of carbonyl (C=O) groups excluding carboxylic acids is 2. The fourth-order valence-corrected chi connectivity index (χ4v) is 4.02. The number of hydrogen-bond donors (Lipinski definition) is 2. The van der Waals surface area contributed by atoms with Crippen molar-refractivity contribution in [1.82, 2.24) is 10.2 Å². The molecule has 0 saturated carbocycles. The van der Waals surface area contributed by atoms with E-state index < -0.39 is 30.6 Å². The summed E-state index contributed by atoms with van der Waals surface area (Å²) in [5, 5.41) is 11.6. The summed E-state index contributed by atoms with van der Waals surface area (Å²) in [6.45, 7) is 3.57. The number of amides is 2. The van der Waals surface area contributed by atoms with Crippen LogP contribution in [0, 0.1) is 5.92 Å². The molecule has 0 radical (unpaired) electrons. The van der Waals surface area contributed by atoms with Crippen LogP contribution in [0.25, 0.3) is 11.1 Å². The van der Waals surface area contributed by atoms with Crippen molar-refractivity contribution in [1.29, 1.82) is 0 Å². The first kappa shape index (κ1) is 22.3. The summed E-state index contributed by atoms with van der Waals surface area (Å²) >= 11 is 0. The molecule has 3 rings (SSSR count). The minimum Gasteiger partial charge on any atom is -0.480 e. The van der Waals surface area contributed by atoms with Crippen molar-refractivity contribution in [3.05, 3.63) is 59.7 Å². The highest BCUT2D eigenvalue weighted by Crippen LogP contribution is 2.44. The van der Waals surface area contributed by atoms with E-state index in [1.54, 1.807) is 0 Å². The average Bonchev–Trinajstić information content (AvgIpc) is 3.04. The standard InChI is InChI=1S/C24H28N2O5/c1-15(2)12-21(23(29)26(3)13-22(27)28)25-24(30)31-14-20-18-10-6-4-8-16(18)17-9-5-7-11-19(17)20/h4-11,15,20-21H,12-14H2,1-3H3,(H,25,30)(H,27,28)/t21-/m1/s1. The van der Waals surface area contributed by atoms with Crippen LogP contribution in [0.1, 0.15) is 37.3 Å². The van der Waals surface area contributed by atoms with Crippen molar-refractivity contribution >= 4 is 18.0 Å². The number of likely N-dealkylation sites (N-methyl/N-ethyl adjacent to an activating group) is 1. The van der Waals surface area contributed by atoms with Crippen LogP contribution in [-0.4, -0.2) is 54.2 Å². The molecule has 2 aromatic carbocycles. The molecule has 164 valence electrons. The van der Waals surface area contributed by atoms with Crippen molar-refractivity contribution in [3.8, 4) is 11.1 Å². The summed E-state index contributed by atoms with van der Waals surface area (Å²) in [6, 6.07) is 15.2. The number of hydrogen-bond acceptors (Lipinski definition) is 4. The summed E-state index contributed by atoms with van der Waals surface area (Å²) in [7, 11) is 1.41. The Morgan fingerprint density at radius 3 is 2.10 bits per heavy atom. The number of carboxylic acid groups (broad SMARTS) is 1. The molecule has 2 aromatic rings. The number of ether oxygens (including phenoxy) is 1. The van der Waals surface area contributed by atoms with Gasteiger partial charge in [-0.05, 0) is 34.6 Å². The molecule has 31 heavy (non-hydrogen) atoms. The summed E-state index contributed by atoms with van der Waals surface area (Å²) in [5.41, 5.74) is 4.48. The maximum atomic E-state index is 12.6. The van der Waals surface area contributed by atoms with E-state index in [0.717, 1.165) is 27.2 Å². The molecule has 0 aromatic heterocycles. The summed E-state index contributed by atoms with van der Waals surface area (Å²) in [6.07, 6.45) is -0.308. The zero-order valence-corrected chi connectivity index (χ0v) is 18.0. The molecule has 1 atom stereocenters. The normalized spacial score (nSPS) is 13.3. The van der Waals surface area contributed by atoms with Gasteiger partial charge >= 0.3 is 12.1 Å². The molecule has 0 fully saturated rings. The molecule has 0 bridgehead atoms. The number of alkyl carbamates (subject to hydrolysis) is 1. The number of rotatable bonds is 8. The van der Waals surface area contributed by atoms with Gasteiger partial charge in [0.2, 0.25) is 5.91 Å². The zero-order chi connectivity index (χ0) is 22.5. The smallest absolute Gasteiger partial charge is 0.407 e. The Balaban J connectivity index is 1.68. The monoisotopic (exact) mass is 424 g/mol. The largest absolute Gasteiger partial charge is 0.480 e. The second-order valence-electron chi connectivity index (χ2n) is 8.24. The number of aliphatic carboxylic acids is 1. The number of nitrogens with zero attached hydrogens (tertiary/aromatic N) is 1. The second kappa shape index (κ2) is 9.64. The van der Waals surface area contributed by atoms with E-state index in [4.69, 9.17) is 9.84 Å². The molecular formula is C24H28N2O5. The van der Waals surface area contributed by atoms with Gasteiger partial charge in [-0.3, -0.25) is 9.59 Å². The van der Waals surface area contributed by atoms with Crippen molar-refractivity contribution < 1.29 is 24.2 Å². The quantitative estimate of drug-likeness (QED) is 0.676. The number of carboxylic acids is 1. The van der Waals surface area contributed by atoms with Gasteiger partial charge in [0, 0.05) is 13.0 Å². The van der Waals surface area contributed by atoms with E-state index in [-0.39, 0.29) is 18.4 Å². The van der Waals surface area contributed by atoms with Gasteiger partial charge in [0.05, 0.1) is 0 Å². The molecule has 0 spiro atoms. The predicted octanol–water partition coefficient (Wildman–Crippen LogP) is 3.48. The fraction of sp³-hybridized carbons (Fsp3) is 0.375. The number of fused-ring (bicyclic) bond motifs is 3. The zero-order valence-electron chi connectivity index (χ0n) is 18.0. The number of carbonyl (C=O) groups is 3. The van der Waals surface area contributed by atoms with Gasteiger partial charge in [-0.15, -0.1) is 0 Å². The van der Waals surface area contributed by atoms with Crippen LogP contribution < -0.4 is 5.32 Å². The van der Waals surface area contributed by atoms with Crippen LogP contribution in [0.15, 0.2) is 48.5 Å². The van der Waals surface area contributed by atoms with Gasteiger partial charge in [0.25, 0.3) is 0 Å². The van der Waals surface area contributed by atoms with Gasteiger partial charge in [0.1, 0.15) is 19.2 Å². The summed E-state index contributed by atoms with van der Waals surface area (Å²) in [5.74, 6) is -1.52. The Kier molecular flexibility index (Phi) is 6.95. The van der Waals surface area contributed by atoms with Crippen LogP contribution in [0.2, 0.25) is 0 Å². The molecule has 1 aliphatic rings. The van der Waals surface area contributed by atoms with Crippen LogP contribution >= 0.6 is 0 Å². The fourth-order valence-electron chi connectivity index (χ4n) is 4.02. The lowest BCUT2D eigenvalue weighted by atomic mass is 9.98. The van der Waals surface area contributed by atoms with E-state index in [2.05, 4.69) is 17.4 Å². The first-order chi connectivity index (χ1) is 14.8. The first-order valence-electron chi connectivity index (χ1n) is 10.4. The van der Waals surface area contributed by atoms with Gasteiger partial charge in [0.15, 0.2) is 0 Å². The number of benzene rings is 2. The van der Waals surface area contributed by atoms with Crippen LogP contribution in [0.5, 0.6) is 0 Å². The molecule has 2 N–H and O–H groups in total. The molecule has 2 amide bonds. The molecule has 0 heterocycles. The first-order valence-corrected chi connectivity index (χ1v) is 10.4. The van der Waals surface area contributed by atoms with E-state index in [9.17, 15) is 14.4 Å². The third kappa shape index (κ3) is 5.23. The summed E-state index contributed by atoms with van der Waals surface area (Å²) < 4.78 is 5.53. The topological polar surface area (TPSA) is 95.9 Å². The van der Waals surface area contributed by atoms with Gasteiger partial charge in [-0.1, -0.05) is 62.4 Å². The van der Waals surface area contributed by atoms with E-state index in [0.29, 0.717) is 6.42 Å². The van der Waals surface area contributed by atoms with Gasteiger partial charge in [-0.25, -0.2) is 4.79 Å². The molecule has 7 heteroatoms. The van der Waals surface area contributed by atoms with E-state index in [1.807, 2.05) is 50.2 Å². The highest BCUT2D eigenvalue weighted by molar-refractivity contribution is 5.88. The lowest BCUT2D eigenvalue weighted by Crippen LogP contribution is -2.49. The second-order valence-corrected chi connectivity index (χ2v) is 8.24. The molecule has 0 saturated heterocycles. The van der Waals surface area contributed by atoms with Crippen LogP contribution in [0.3, 0.4) is 0 Å². The maximum absolute atomic E-state index is 12.6. The molecular weight excluding hydrogens is 396 g/mol. The molecule has 7 nitrogen and oxygen atoms in total. The Hall–Kier alpha value is -3.35. The van der Waals surface area contributed by atoms with E-state index >= 15 is 0 Å². The third-order valence-corrected chi connectivity index (χ3v) is 5.39. The lowest BCUT2D eigenvalue weighted by molar-refractivity contribution is -0.144. The molecule has 1 aliphatic carbocycles. The lowest BCUT2D eigenvalue weighted by Gasteiger charge is -2.25. The molecule has 0 aliphatic heterocycles. The number of nitrogens with one attached hydrogen (secondary N) is 1. The van der Waals surface area contributed by atoms with Gasteiger partial charge in [-0.2, -0.15) is 0 Å². The summed E-state index contributed by atoms with van der Waals surface area (Å²) in [4.78, 5) is 37.2. The third-order valence-electron chi connectivity index (χ3n) is 5.39. The minimum atomic E-state index is -1.11. The van der Waals surface area contributed by atoms with Crippen molar-refractivity contribution in [3.63, 3.8) is 0 Å². The Morgan fingerprint density at radius 2 is 1.58 bits per heavy atom. The van der Waals surface area contributed by atoms with Crippen molar-refractivity contribution in [2.45, 2.75) is 32.2 Å². The highest BCUT2D eigenvalue weighted by Gasteiger charge is 2.30. The van der Waals surface area contributed by atoms with Crippen molar-refractivity contribution in [2.75, 3.05) is 20.2 Å². The average molecular weight is 424 g/mol. The molecule has 0 unspecified atom stereocenters. The van der Waals surface area contributed by atoms with E-state index in [1.165, 1.54) is 7.05 Å². The van der Waals surface area contributed by atoms with Crippen LogP contribution in [-0.2, 0) is 14.3 Å².